The summed E-state index contributed by atoms with van der Waals surface area (Å²) in [6.45, 7) is 1.41. The van der Waals surface area contributed by atoms with Crippen LogP contribution in [-0.4, -0.2) is 9.49 Å². The van der Waals surface area contributed by atoms with E-state index in [2.05, 4.69) is 0 Å². The largest absolute Gasteiger partial charge is 0.365 e. The van der Waals surface area contributed by atoms with Crippen LogP contribution in [0.4, 0.5) is 5.69 Å². The SMILES string of the molecule is O=[N+]([O-])c1ccccc1C[n+]1ccn(CC(OCc2ccc(Cl)cc2)c2ccc(Cl)cc2)c1. The smallest absolute Gasteiger partial charge is 0.276 e. The molecule has 0 aliphatic rings. The minimum atomic E-state index is -0.353. The van der Waals surface area contributed by atoms with Crippen LogP contribution in [0.3, 0.4) is 0 Å². The highest BCUT2D eigenvalue weighted by atomic mass is 35.5. The first-order chi connectivity index (χ1) is 16.0. The second-order valence-electron chi connectivity index (χ2n) is 7.65. The number of ether oxygens (including phenoxy) is 1. The lowest BCUT2D eigenvalue weighted by Gasteiger charge is -2.17. The Morgan fingerprint density at radius 2 is 1.64 bits per heavy atom. The number of halogens is 2. The summed E-state index contributed by atoms with van der Waals surface area (Å²) in [5.74, 6) is 0. The van der Waals surface area contributed by atoms with Gasteiger partial charge in [0.05, 0.1) is 17.1 Å². The number of nitrogens with zero attached hydrogens (tertiary/aromatic N) is 3. The van der Waals surface area contributed by atoms with Gasteiger partial charge in [-0.15, -0.1) is 0 Å². The highest BCUT2D eigenvalue weighted by Gasteiger charge is 2.19. The molecule has 8 heteroatoms. The fourth-order valence-electron chi connectivity index (χ4n) is 3.56. The normalized spacial score (nSPS) is 11.9. The first kappa shape index (κ1) is 23.0. The maximum atomic E-state index is 11.3. The Kier molecular flexibility index (Phi) is 7.40. The molecule has 1 heterocycles. The van der Waals surface area contributed by atoms with Crippen LogP contribution in [0.1, 0.15) is 22.8 Å². The van der Waals surface area contributed by atoms with Crippen molar-refractivity contribution in [3.8, 4) is 0 Å². The Hall–Kier alpha value is -3.19. The Labute approximate surface area is 201 Å². The van der Waals surface area contributed by atoms with Gasteiger partial charge < -0.3 is 4.74 Å². The molecule has 4 rings (SSSR count). The van der Waals surface area contributed by atoms with Crippen LogP contribution in [0.5, 0.6) is 0 Å². The molecule has 4 aromatic rings. The van der Waals surface area contributed by atoms with Gasteiger partial charge in [0.2, 0.25) is 6.33 Å². The molecule has 0 aliphatic carbocycles. The van der Waals surface area contributed by atoms with E-state index in [1.807, 2.05) is 76.4 Å². The van der Waals surface area contributed by atoms with Gasteiger partial charge in [-0.1, -0.05) is 59.6 Å². The number of hydrogen-bond acceptors (Lipinski definition) is 3. The van der Waals surface area contributed by atoms with Crippen LogP contribution < -0.4 is 4.57 Å². The van der Waals surface area contributed by atoms with Crippen LogP contribution in [0.15, 0.2) is 91.5 Å². The zero-order valence-corrected chi connectivity index (χ0v) is 19.2. The van der Waals surface area contributed by atoms with E-state index >= 15 is 0 Å². The number of aromatic nitrogens is 2. The van der Waals surface area contributed by atoms with E-state index in [0.29, 0.717) is 35.3 Å². The van der Waals surface area contributed by atoms with E-state index in [0.717, 1.165) is 11.1 Å². The topological polar surface area (TPSA) is 61.2 Å². The minimum absolute atomic E-state index is 0.114. The predicted molar refractivity (Wildman–Crippen MR) is 127 cm³/mol. The zero-order valence-electron chi connectivity index (χ0n) is 17.7. The summed E-state index contributed by atoms with van der Waals surface area (Å²) >= 11 is 12.1. The standard InChI is InChI=1S/C25H22Cl2N3O3/c26-22-9-5-19(6-10-22)17-33-25(20-7-11-23(27)12-8-20)16-29-14-13-28(18-29)15-21-3-1-2-4-24(21)30(31)32/h1-14,18,25H,15-17H2/q+1. The molecule has 1 atom stereocenters. The molecule has 0 fully saturated rings. The lowest BCUT2D eigenvalue weighted by Crippen LogP contribution is -2.32. The third-order valence-corrected chi connectivity index (χ3v) is 5.77. The molecule has 3 aromatic carbocycles. The molecule has 0 spiro atoms. The van der Waals surface area contributed by atoms with Crippen molar-refractivity contribution >= 4 is 28.9 Å². The number of nitro benzene ring substituents is 1. The van der Waals surface area contributed by atoms with Gasteiger partial charge in [-0.2, -0.15) is 0 Å². The van der Waals surface area contributed by atoms with Gasteiger partial charge in [0.25, 0.3) is 5.69 Å². The summed E-state index contributed by atoms with van der Waals surface area (Å²) in [4.78, 5) is 11.0. The Morgan fingerprint density at radius 1 is 0.970 bits per heavy atom. The minimum Gasteiger partial charge on any atom is -0.365 e. The second-order valence-corrected chi connectivity index (χ2v) is 8.52. The van der Waals surface area contributed by atoms with Gasteiger partial charge in [0.1, 0.15) is 31.6 Å². The van der Waals surface area contributed by atoms with E-state index in [4.69, 9.17) is 27.9 Å². The van der Waals surface area contributed by atoms with Crippen LogP contribution >= 0.6 is 23.2 Å². The predicted octanol–water partition coefficient (Wildman–Crippen LogP) is 6.00. The van der Waals surface area contributed by atoms with Crippen LogP contribution in [0.2, 0.25) is 10.0 Å². The highest BCUT2D eigenvalue weighted by molar-refractivity contribution is 6.30. The summed E-state index contributed by atoms with van der Waals surface area (Å²) < 4.78 is 10.2. The van der Waals surface area contributed by atoms with Crippen molar-refractivity contribution in [3.05, 3.63) is 128 Å². The van der Waals surface area contributed by atoms with Crippen molar-refractivity contribution in [1.82, 2.24) is 4.57 Å². The second kappa shape index (κ2) is 10.6. The quantitative estimate of drug-likeness (QED) is 0.167. The number of nitro groups is 1. The monoisotopic (exact) mass is 482 g/mol. The molecular weight excluding hydrogens is 461 g/mol. The van der Waals surface area contributed by atoms with Gasteiger partial charge in [0.15, 0.2) is 0 Å². The van der Waals surface area contributed by atoms with Crippen molar-refractivity contribution in [3.63, 3.8) is 0 Å². The Morgan fingerprint density at radius 3 is 2.33 bits per heavy atom. The number of para-hydroxylation sites is 1. The van der Waals surface area contributed by atoms with Gasteiger partial charge in [-0.05, 0) is 41.5 Å². The maximum Gasteiger partial charge on any atom is 0.276 e. The van der Waals surface area contributed by atoms with Crippen molar-refractivity contribution < 1.29 is 14.2 Å². The zero-order chi connectivity index (χ0) is 23.2. The number of imidazole rings is 1. The third kappa shape index (κ3) is 6.20. The summed E-state index contributed by atoms with van der Waals surface area (Å²) in [6, 6.07) is 22.0. The van der Waals surface area contributed by atoms with E-state index in [1.165, 1.54) is 6.07 Å². The molecule has 1 aromatic heterocycles. The molecular formula is C25H22Cl2N3O3+. The van der Waals surface area contributed by atoms with Crippen molar-refractivity contribution in [2.75, 3.05) is 0 Å². The average molecular weight is 483 g/mol. The highest BCUT2D eigenvalue weighted by Crippen LogP contribution is 2.24. The Bertz CT molecular complexity index is 1220. The molecule has 168 valence electrons. The average Bonchev–Trinajstić information content (AvgIpc) is 3.25. The Balaban J connectivity index is 1.50. The summed E-state index contributed by atoms with van der Waals surface area (Å²) in [5.41, 5.74) is 2.80. The molecule has 0 saturated heterocycles. The molecule has 0 N–H and O–H groups in total. The number of hydrogen-bond donors (Lipinski definition) is 0. The molecule has 0 aliphatic heterocycles. The van der Waals surface area contributed by atoms with E-state index in [1.54, 1.807) is 18.2 Å². The first-order valence-corrected chi connectivity index (χ1v) is 11.1. The van der Waals surface area contributed by atoms with E-state index in [9.17, 15) is 10.1 Å². The molecule has 0 saturated carbocycles. The van der Waals surface area contributed by atoms with Crippen LogP contribution in [0, 0.1) is 10.1 Å². The molecule has 0 radical (unpaired) electrons. The summed E-state index contributed by atoms with van der Waals surface area (Å²) in [6.07, 6.45) is 5.54. The molecule has 1 unspecified atom stereocenters. The van der Waals surface area contributed by atoms with Crippen molar-refractivity contribution in [1.29, 1.82) is 0 Å². The fourth-order valence-corrected chi connectivity index (χ4v) is 3.81. The third-order valence-electron chi connectivity index (χ3n) is 5.27. The summed E-state index contributed by atoms with van der Waals surface area (Å²) in [7, 11) is 0. The lowest BCUT2D eigenvalue weighted by molar-refractivity contribution is -0.688. The number of benzene rings is 3. The first-order valence-electron chi connectivity index (χ1n) is 10.4. The van der Waals surface area contributed by atoms with Gasteiger partial charge in [-0.3, -0.25) is 10.1 Å². The molecule has 33 heavy (non-hydrogen) atoms. The van der Waals surface area contributed by atoms with Gasteiger partial charge in [-0.25, -0.2) is 9.13 Å². The van der Waals surface area contributed by atoms with Crippen LogP contribution in [0.25, 0.3) is 0 Å². The van der Waals surface area contributed by atoms with Crippen molar-refractivity contribution in [2.45, 2.75) is 25.8 Å². The molecule has 0 amide bonds. The lowest BCUT2D eigenvalue weighted by atomic mass is 10.1. The van der Waals surface area contributed by atoms with Gasteiger partial charge in [0, 0.05) is 16.1 Å². The molecule has 6 nitrogen and oxygen atoms in total. The van der Waals surface area contributed by atoms with E-state index in [-0.39, 0.29) is 16.7 Å². The van der Waals surface area contributed by atoms with Gasteiger partial charge >= 0.3 is 0 Å². The van der Waals surface area contributed by atoms with Crippen molar-refractivity contribution in [2.24, 2.45) is 0 Å². The van der Waals surface area contributed by atoms with E-state index < -0.39 is 0 Å². The molecule has 0 bridgehead atoms. The number of rotatable bonds is 9. The van der Waals surface area contributed by atoms with Crippen LogP contribution in [-0.2, 0) is 24.4 Å². The summed E-state index contributed by atoms with van der Waals surface area (Å²) in [5, 5.41) is 12.7. The fraction of sp³-hybridized carbons (Fsp3) is 0.160. The maximum absolute atomic E-state index is 11.3.